The van der Waals surface area contributed by atoms with Gasteiger partial charge >= 0.3 is 11.9 Å². The number of carbonyl (C=O) groups excluding carboxylic acids is 4. The number of imide groups is 1. The van der Waals surface area contributed by atoms with E-state index in [9.17, 15) is 19.2 Å². The zero-order valence-electron chi connectivity index (χ0n) is 21.2. The number of amides is 2. The van der Waals surface area contributed by atoms with E-state index in [4.69, 9.17) is 21.1 Å². The molecular formula is C29H25ClN2O6. The lowest BCUT2D eigenvalue weighted by molar-refractivity contribution is -0.120. The Hall–Kier alpha value is -4.43. The number of hydrogen-bond acceptors (Lipinski definition) is 7. The molecule has 1 N–H and O–H groups in total. The first-order valence-corrected chi connectivity index (χ1v) is 12.2. The molecule has 2 amide bonds. The van der Waals surface area contributed by atoms with Gasteiger partial charge in [0.2, 0.25) is 0 Å². The largest absolute Gasteiger partial charge is 0.459 e. The van der Waals surface area contributed by atoms with Crippen molar-refractivity contribution in [3.63, 3.8) is 0 Å². The van der Waals surface area contributed by atoms with Gasteiger partial charge in [0.05, 0.1) is 22.9 Å². The van der Waals surface area contributed by atoms with Gasteiger partial charge in [0, 0.05) is 5.69 Å². The van der Waals surface area contributed by atoms with Crippen molar-refractivity contribution in [3.05, 3.63) is 99.7 Å². The van der Waals surface area contributed by atoms with Crippen molar-refractivity contribution in [1.29, 1.82) is 0 Å². The van der Waals surface area contributed by atoms with Crippen LogP contribution in [0.25, 0.3) is 0 Å². The normalized spacial score (nSPS) is 13.3. The van der Waals surface area contributed by atoms with Gasteiger partial charge in [-0.05, 0) is 87.9 Å². The van der Waals surface area contributed by atoms with Gasteiger partial charge < -0.3 is 14.8 Å². The number of hydrogen-bond donors (Lipinski definition) is 1. The summed E-state index contributed by atoms with van der Waals surface area (Å²) >= 11 is 6.21. The minimum atomic E-state index is -0.703. The SMILES string of the molecule is Cc1ccc(OC(=O)c2ccc(NC3=C(Cl)C(=O)N(c4ccc(C(=O)OC(C)C)cc4)C3=O)cc2)c(C)c1. The van der Waals surface area contributed by atoms with Gasteiger partial charge in [-0.3, -0.25) is 9.59 Å². The van der Waals surface area contributed by atoms with Gasteiger partial charge in [-0.25, -0.2) is 14.5 Å². The molecule has 8 nitrogen and oxygen atoms in total. The van der Waals surface area contributed by atoms with Crippen molar-refractivity contribution < 1.29 is 28.7 Å². The summed E-state index contributed by atoms with van der Waals surface area (Å²) in [5.41, 5.74) is 3.09. The predicted octanol–water partition coefficient (Wildman–Crippen LogP) is 5.52. The lowest BCUT2D eigenvalue weighted by Gasteiger charge is -2.16. The average molecular weight is 533 g/mol. The molecular weight excluding hydrogens is 508 g/mol. The third-order valence-electron chi connectivity index (χ3n) is 5.65. The summed E-state index contributed by atoms with van der Waals surface area (Å²) in [5.74, 6) is -1.92. The van der Waals surface area contributed by atoms with Crippen molar-refractivity contribution >= 4 is 46.7 Å². The maximum absolute atomic E-state index is 13.1. The molecule has 0 spiro atoms. The first kappa shape index (κ1) is 26.6. The van der Waals surface area contributed by atoms with Crippen LogP contribution in [0.1, 0.15) is 45.7 Å². The van der Waals surface area contributed by atoms with E-state index in [1.165, 1.54) is 36.4 Å². The highest BCUT2D eigenvalue weighted by atomic mass is 35.5. The quantitative estimate of drug-likeness (QED) is 0.243. The van der Waals surface area contributed by atoms with Crippen molar-refractivity contribution in [1.82, 2.24) is 0 Å². The molecule has 1 aliphatic heterocycles. The van der Waals surface area contributed by atoms with Gasteiger partial charge in [-0.2, -0.15) is 0 Å². The van der Waals surface area contributed by atoms with Crippen LogP contribution in [-0.2, 0) is 14.3 Å². The van der Waals surface area contributed by atoms with Crippen LogP contribution in [0.3, 0.4) is 0 Å². The number of ether oxygens (including phenoxy) is 2. The second kappa shape index (κ2) is 10.9. The van der Waals surface area contributed by atoms with E-state index in [1.807, 2.05) is 26.0 Å². The molecule has 38 heavy (non-hydrogen) atoms. The molecule has 0 saturated carbocycles. The van der Waals surface area contributed by atoms with E-state index in [-0.39, 0.29) is 28.1 Å². The van der Waals surface area contributed by atoms with Crippen LogP contribution in [0.2, 0.25) is 0 Å². The molecule has 0 unspecified atom stereocenters. The summed E-state index contributed by atoms with van der Waals surface area (Å²) in [4.78, 5) is 51.4. The minimum absolute atomic E-state index is 0.106. The van der Waals surface area contributed by atoms with Crippen molar-refractivity contribution in [2.45, 2.75) is 33.8 Å². The van der Waals surface area contributed by atoms with E-state index in [0.29, 0.717) is 17.0 Å². The third kappa shape index (κ3) is 5.60. The summed E-state index contributed by atoms with van der Waals surface area (Å²) in [6.45, 7) is 7.29. The number of aryl methyl sites for hydroxylation is 2. The summed E-state index contributed by atoms with van der Waals surface area (Å²) in [5, 5.41) is 2.58. The van der Waals surface area contributed by atoms with Crippen LogP contribution >= 0.6 is 11.6 Å². The number of nitrogens with zero attached hydrogens (tertiary/aromatic N) is 1. The molecule has 0 radical (unpaired) electrons. The van der Waals surface area contributed by atoms with Crippen molar-refractivity contribution in [3.8, 4) is 5.75 Å². The Morgan fingerprint density at radius 3 is 2.05 bits per heavy atom. The number of halogens is 1. The van der Waals surface area contributed by atoms with E-state index in [1.54, 1.807) is 32.0 Å². The van der Waals surface area contributed by atoms with Gasteiger partial charge in [0.25, 0.3) is 11.8 Å². The lowest BCUT2D eigenvalue weighted by atomic mass is 10.1. The number of esters is 2. The van der Waals surface area contributed by atoms with Crippen LogP contribution in [0.5, 0.6) is 5.75 Å². The molecule has 0 atom stereocenters. The van der Waals surface area contributed by atoms with Crippen LogP contribution in [0.4, 0.5) is 11.4 Å². The summed E-state index contributed by atoms with van der Waals surface area (Å²) in [7, 11) is 0. The highest BCUT2D eigenvalue weighted by Gasteiger charge is 2.39. The molecule has 9 heteroatoms. The maximum Gasteiger partial charge on any atom is 0.343 e. The first-order chi connectivity index (χ1) is 18.0. The summed E-state index contributed by atoms with van der Waals surface area (Å²) < 4.78 is 10.6. The number of anilines is 2. The molecule has 1 aliphatic rings. The average Bonchev–Trinajstić information content (AvgIpc) is 3.08. The molecule has 3 aromatic carbocycles. The monoisotopic (exact) mass is 532 g/mol. The Morgan fingerprint density at radius 2 is 1.45 bits per heavy atom. The molecule has 1 heterocycles. The highest BCUT2D eigenvalue weighted by Crippen LogP contribution is 2.30. The highest BCUT2D eigenvalue weighted by molar-refractivity contribution is 6.53. The standard InChI is InChI=1S/C29H25ClN2O6/c1-16(2)37-28(35)20-8-12-22(13-9-20)32-26(33)24(30)25(27(32)34)31-21-10-6-19(7-11-21)29(36)38-23-14-5-17(3)15-18(23)4/h5-16,31H,1-4H3. The Kier molecular flexibility index (Phi) is 7.64. The Labute approximate surface area is 224 Å². The number of benzene rings is 3. The fourth-order valence-corrected chi connectivity index (χ4v) is 3.99. The zero-order valence-corrected chi connectivity index (χ0v) is 22.0. The second-order valence-corrected chi connectivity index (χ2v) is 9.37. The summed E-state index contributed by atoms with van der Waals surface area (Å²) in [6, 6.07) is 17.6. The number of carbonyl (C=O) groups is 4. The van der Waals surface area contributed by atoms with Crippen molar-refractivity contribution in [2.75, 3.05) is 10.2 Å². The third-order valence-corrected chi connectivity index (χ3v) is 6.00. The van der Waals surface area contributed by atoms with Gasteiger partial charge in [-0.1, -0.05) is 29.3 Å². The Morgan fingerprint density at radius 1 is 0.842 bits per heavy atom. The van der Waals surface area contributed by atoms with Crippen LogP contribution in [-0.4, -0.2) is 29.9 Å². The van der Waals surface area contributed by atoms with E-state index in [0.717, 1.165) is 16.0 Å². The molecule has 0 fully saturated rings. The number of nitrogens with one attached hydrogen (secondary N) is 1. The smallest absolute Gasteiger partial charge is 0.343 e. The molecule has 0 aliphatic carbocycles. The molecule has 0 aromatic heterocycles. The molecule has 194 valence electrons. The van der Waals surface area contributed by atoms with Crippen LogP contribution < -0.4 is 15.0 Å². The fourth-order valence-electron chi connectivity index (χ4n) is 3.78. The molecule has 3 aromatic rings. The van der Waals surface area contributed by atoms with Gasteiger partial charge in [0.15, 0.2) is 0 Å². The van der Waals surface area contributed by atoms with E-state index < -0.39 is 23.8 Å². The molecule has 0 saturated heterocycles. The lowest BCUT2D eigenvalue weighted by Crippen LogP contribution is -2.32. The topological polar surface area (TPSA) is 102 Å². The minimum Gasteiger partial charge on any atom is -0.459 e. The molecule has 0 bridgehead atoms. The number of rotatable bonds is 7. The predicted molar refractivity (Wildman–Crippen MR) is 143 cm³/mol. The Bertz CT molecular complexity index is 1460. The van der Waals surface area contributed by atoms with Crippen LogP contribution in [0, 0.1) is 13.8 Å². The maximum atomic E-state index is 13.1. The van der Waals surface area contributed by atoms with Gasteiger partial charge in [-0.15, -0.1) is 0 Å². The second-order valence-electron chi connectivity index (χ2n) is 9.00. The van der Waals surface area contributed by atoms with Crippen LogP contribution in [0.15, 0.2) is 77.5 Å². The van der Waals surface area contributed by atoms with E-state index in [2.05, 4.69) is 5.32 Å². The summed E-state index contributed by atoms with van der Waals surface area (Å²) in [6.07, 6.45) is -0.280. The first-order valence-electron chi connectivity index (χ1n) is 11.8. The fraction of sp³-hybridized carbons (Fsp3) is 0.172. The van der Waals surface area contributed by atoms with Gasteiger partial charge in [0.1, 0.15) is 16.5 Å². The van der Waals surface area contributed by atoms with Crippen molar-refractivity contribution in [2.24, 2.45) is 0 Å². The zero-order chi connectivity index (χ0) is 27.6. The molecule has 4 rings (SSSR count). The Balaban J connectivity index is 1.45. The van der Waals surface area contributed by atoms with E-state index >= 15 is 0 Å².